The van der Waals surface area contributed by atoms with Gasteiger partial charge in [-0.2, -0.15) is 0 Å². The van der Waals surface area contributed by atoms with Crippen LogP contribution in [0.4, 0.5) is 4.39 Å². The number of halogens is 1. The van der Waals surface area contributed by atoms with Crippen molar-refractivity contribution in [3.8, 4) is 0 Å². The van der Waals surface area contributed by atoms with Gasteiger partial charge in [-0.1, -0.05) is 12.1 Å². The fourth-order valence-electron chi connectivity index (χ4n) is 3.94. The van der Waals surface area contributed by atoms with E-state index in [-0.39, 0.29) is 17.8 Å². The van der Waals surface area contributed by atoms with Gasteiger partial charge in [0.15, 0.2) is 5.96 Å². The van der Waals surface area contributed by atoms with Gasteiger partial charge in [0, 0.05) is 45.7 Å². The van der Waals surface area contributed by atoms with Crippen LogP contribution in [0.2, 0.25) is 0 Å². The van der Waals surface area contributed by atoms with Crippen molar-refractivity contribution in [2.24, 2.45) is 4.99 Å². The number of carbonyl (C=O) groups excluding carboxylic acids is 1. The molecule has 0 bridgehead atoms. The Balaban J connectivity index is 1.60. The molecule has 0 aromatic heterocycles. The van der Waals surface area contributed by atoms with E-state index in [1.807, 2.05) is 24.0 Å². The Morgan fingerprint density at radius 2 is 1.83 bits per heavy atom. The van der Waals surface area contributed by atoms with Crippen LogP contribution in [-0.2, 0) is 9.53 Å². The van der Waals surface area contributed by atoms with E-state index >= 15 is 0 Å². The number of hydrogen-bond acceptors (Lipinski definition) is 4. The van der Waals surface area contributed by atoms with E-state index in [2.05, 4.69) is 15.5 Å². The maximum Gasteiger partial charge on any atom is 0.224 e. The van der Waals surface area contributed by atoms with Gasteiger partial charge in [-0.3, -0.25) is 14.7 Å². The largest absolute Gasteiger partial charge is 0.379 e. The molecule has 166 valence electrons. The predicted octanol–water partition coefficient (Wildman–Crippen LogP) is 1.77. The van der Waals surface area contributed by atoms with Crippen molar-refractivity contribution >= 4 is 11.9 Å². The van der Waals surface area contributed by atoms with Crippen LogP contribution >= 0.6 is 0 Å². The van der Waals surface area contributed by atoms with Crippen molar-refractivity contribution in [2.75, 3.05) is 59.0 Å². The third-order valence-corrected chi connectivity index (χ3v) is 5.60. The van der Waals surface area contributed by atoms with Crippen LogP contribution < -0.4 is 10.6 Å². The summed E-state index contributed by atoms with van der Waals surface area (Å²) in [7, 11) is 0. The number of amides is 1. The normalized spacial score (nSPS) is 19.0. The molecule has 2 aliphatic heterocycles. The zero-order valence-corrected chi connectivity index (χ0v) is 17.9. The summed E-state index contributed by atoms with van der Waals surface area (Å²) in [5.74, 6) is 0.668. The maximum atomic E-state index is 13.4. The minimum atomic E-state index is -0.236. The van der Waals surface area contributed by atoms with Crippen LogP contribution in [0.25, 0.3) is 0 Å². The molecule has 1 atom stereocenters. The van der Waals surface area contributed by atoms with Crippen LogP contribution in [0.1, 0.15) is 37.8 Å². The van der Waals surface area contributed by atoms with Crippen LogP contribution in [0, 0.1) is 5.82 Å². The van der Waals surface area contributed by atoms with Crippen LogP contribution in [0.3, 0.4) is 0 Å². The Labute approximate surface area is 178 Å². The first-order valence-corrected chi connectivity index (χ1v) is 11.0. The zero-order valence-electron chi connectivity index (χ0n) is 17.9. The summed E-state index contributed by atoms with van der Waals surface area (Å²) in [6.07, 6.45) is 2.68. The van der Waals surface area contributed by atoms with Crippen molar-refractivity contribution in [2.45, 2.75) is 32.2 Å². The molecule has 1 aromatic carbocycles. The Hall–Kier alpha value is -2.19. The van der Waals surface area contributed by atoms with Gasteiger partial charge in [-0.05, 0) is 37.5 Å². The van der Waals surface area contributed by atoms with Gasteiger partial charge < -0.3 is 20.3 Å². The summed E-state index contributed by atoms with van der Waals surface area (Å²) in [6.45, 7) is 8.66. The van der Waals surface area contributed by atoms with Crippen molar-refractivity contribution in [1.82, 2.24) is 20.4 Å². The zero-order chi connectivity index (χ0) is 21.2. The lowest BCUT2D eigenvalue weighted by atomic mass is 10.0. The first-order chi connectivity index (χ1) is 14.7. The number of aliphatic imine (C=N–C) groups is 1. The van der Waals surface area contributed by atoms with Crippen LogP contribution in [0.5, 0.6) is 0 Å². The Bertz CT molecular complexity index is 685. The number of hydrogen-bond donors (Lipinski definition) is 2. The standard InChI is InChI=1S/C22H34FN5O2/c1-2-24-22(25-10-9-21(29)28-11-3-4-12-28)26-17-20(27-13-15-30-16-14-27)18-5-7-19(23)8-6-18/h5-8,20H,2-4,9-17H2,1H3,(H2,24,25,26). The highest BCUT2D eigenvalue weighted by Crippen LogP contribution is 2.22. The third-order valence-electron chi connectivity index (χ3n) is 5.60. The van der Waals surface area contributed by atoms with E-state index in [1.165, 1.54) is 12.1 Å². The topological polar surface area (TPSA) is 69.2 Å². The molecular weight excluding hydrogens is 385 g/mol. The molecule has 3 rings (SSSR count). The molecule has 0 aliphatic carbocycles. The minimum Gasteiger partial charge on any atom is -0.379 e. The molecule has 0 saturated carbocycles. The molecule has 2 saturated heterocycles. The van der Waals surface area contributed by atoms with E-state index in [1.54, 1.807) is 0 Å². The van der Waals surface area contributed by atoms with Gasteiger partial charge in [-0.15, -0.1) is 0 Å². The fourth-order valence-corrected chi connectivity index (χ4v) is 3.94. The number of guanidine groups is 1. The third kappa shape index (κ3) is 6.67. The van der Waals surface area contributed by atoms with Crippen molar-refractivity contribution < 1.29 is 13.9 Å². The first kappa shape index (κ1) is 22.5. The summed E-state index contributed by atoms with van der Waals surface area (Å²) in [4.78, 5) is 21.3. The highest BCUT2D eigenvalue weighted by molar-refractivity contribution is 5.81. The SMILES string of the molecule is CCNC(=NCC(c1ccc(F)cc1)N1CCOCC1)NCCC(=O)N1CCCC1. The van der Waals surface area contributed by atoms with E-state index in [9.17, 15) is 9.18 Å². The van der Waals surface area contributed by atoms with E-state index in [0.717, 1.165) is 51.1 Å². The van der Waals surface area contributed by atoms with Crippen molar-refractivity contribution in [3.63, 3.8) is 0 Å². The molecule has 8 heteroatoms. The molecule has 7 nitrogen and oxygen atoms in total. The molecule has 1 unspecified atom stereocenters. The number of benzene rings is 1. The Kier molecular flexibility index (Phi) is 8.89. The van der Waals surface area contributed by atoms with Gasteiger partial charge in [0.2, 0.25) is 5.91 Å². The number of ether oxygens (including phenoxy) is 1. The molecule has 30 heavy (non-hydrogen) atoms. The first-order valence-electron chi connectivity index (χ1n) is 11.0. The molecule has 0 radical (unpaired) electrons. The number of rotatable bonds is 8. The monoisotopic (exact) mass is 419 g/mol. The average Bonchev–Trinajstić information content (AvgIpc) is 3.31. The van der Waals surface area contributed by atoms with Gasteiger partial charge in [0.05, 0.1) is 25.8 Å². The van der Waals surface area contributed by atoms with E-state index < -0.39 is 0 Å². The number of carbonyl (C=O) groups is 1. The number of likely N-dealkylation sites (tertiary alicyclic amines) is 1. The quantitative estimate of drug-likeness (QED) is 0.497. The summed E-state index contributed by atoms with van der Waals surface area (Å²) < 4.78 is 18.9. The smallest absolute Gasteiger partial charge is 0.224 e. The fraction of sp³-hybridized carbons (Fsp3) is 0.636. The average molecular weight is 420 g/mol. The summed E-state index contributed by atoms with van der Waals surface area (Å²) in [5, 5.41) is 6.54. The number of nitrogens with one attached hydrogen (secondary N) is 2. The van der Waals surface area contributed by atoms with E-state index in [4.69, 9.17) is 9.73 Å². The van der Waals surface area contributed by atoms with Crippen LogP contribution in [-0.4, -0.2) is 80.7 Å². The van der Waals surface area contributed by atoms with Crippen LogP contribution in [0.15, 0.2) is 29.3 Å². The second-order valence-corrected chi connectivity index (χ2v) is 7.70. The molecule has 2 N–H and O–H groups in total. The molecule has 0 spiro atoms. The lowest BCUT2D eigenvalue weighted by molar-refractivity contribution is -0.129. The minimum absolute atomic E-state index is 0.0520. The summed E-state index contributed by atoms with van der Waals surface area (Å²) in [6, 6.07) is 6.72. The van der Waals surface area contributed by atoms with Crippen molar-refractivity contribution in [1.29, 1.82) is 0 Å². The summed E-state index contributed by atoms with van der Waals surface area (Å²) >= 11 is 0. The second kappa shape index (κ2) is 11.9. The second-order valence-electron chi connectivity index (χ2n) is 7.70. The number of nitrogens with zero attached hydrogens (tertiary/aromatic N) is 3. The molecule has 1 amide bonds. The Morgan fingerprint density at radius 1 is 1.13 bits per heavy atom. The lowest BCUT2D eigenvalue weighted by Crippen LogP contribution is -2.42. The molecular formula is C22H34FN5O2. The van der Waals surface area contributed by atoms with Gasteiger partial charge >= 0.3 is 0 Å². The highest BCUT2D eigenvalue weighted by Gasteiger charge is 2.23. The number of morpholine rings is 1. The molecule has 1 aromatic rings. The molecule has 2 aliphatic rings. The molecule has 2 fully saturated rings. The van der Waals surface area contributed by atoms with Gasteiger partial charge in [0.25, 0.3) is 0 Å². The van der Waals surface area contributed by atoms with Gasteiger partial charge in [-0.25, -0.2) is 4.39 Å². The van der Waals surface area contributed by atoms with Crippen molar-refractivity contribution in [3.05, 3.63) is 35.6 Å². The van der Waals surface area contributed by atoms with Gasteiger partial charge in [0.1, 0.15) is 5.82 Å². The maximum absolute atomic E-state index is 13.4. The highest BCUT2D eigenvalue weighted by atomic mass is 19.1. The molecule has 2 heterocycles. The predicted molar refractivity (Wildman–Crippen MR) is 116 cm³/mol. The lowest BCUT2D eigenvalue weighted by Gasteiger charge is -2.34. The Morgan fingerprint density at radius 3 is 2.50 bits per heavy atom. The van der Waals surface area contributed by atoms with E-state index in [0.29, 0.717) is 38.7 Å². The summed E-state index contributed by atoms with van der Waals surface area (Å²) in [5.41, 5.74) is 1.04.